The highest BCUT2D eigenvalue weighted by atomic mass is 16.5. The van der Waals surface area contributed by atoms with Gasteiger partial charge in [-0.2, -0.15) is 0 Å². The predicted octanol–water partition coefficient (Wildman–Crippen LogP) is 4.41. The van der Waals surface area contributed by atoms with Crippen LogP contribution >= 0.6 is 0 Å². The van der Waals surface area contributed by atoms with E-state index in [0.29, 0.717) is 16.9 Å². The molecular weight excluding hydrogens is 304 g/mol. The van der Waals surface area contributed by atoms with Crippen LogP contribution in [0.25, 0.3) is 0 Å². The van der Waals surface area contributed by atoms with E-state index >= 15 is 0 Å². The second-order valence-electron chi connectivity index (χ2n) is 5.15. The van der Waals surface area contributed by atoms with Gasteiger partial charge in [0.2, 0.25) is 0 Å². The van der Waals surface area contributed by atoms with Crippen LogP contribution in [-0.4, -0.2) is 16.9 Å². The quantitative estimate of drug-likeness (QED) is 0.708. The Morgan fingerprint density at radius 2 is 1.08 bits per heavy atom. The summed E-state index contributed by atoms with van der Waals surface area (Å²) in [5.74, 6) is 0.175. The summed E-state index contributed by atoms with van der Waals surface area (Å²) in [5.41, 5.74) is 1.10. The zero-order valence-corrected chi connectivity index (χ0v) is 12.7. The number of aromatic carboxylic acids is 1. The molecule has 0 amide bonds. The zero-order chi connectivity index (χ0) is 16.9. The molecule has 0 spiro atoms. The Balaban J connectivity index is 1.75. The number of carboxylic acids is 1. The molecule has 3 aromatic rings. The molecule has 4 nitrogen and oxygen atoms in total. The van der Waals surface area contributed by atoms with Crippen molar-refractivity contribution in [3.63, 3.8) is 0 Å². The zero-order valence-electron chi connectivity index (χ0n) is 12.7. The van der Waals surface area contributed by atoms with Crippen LogP contribution in [0.15, 0.2) is 78.9 Å². The van der Waals surface area contributed by atoms with Crippen molar-refractivity contribution in [1.29, 1.82) is 0 Å². The fourth-order valence-electron chi connectivity index (χ4n) is 2.23. The molecule has 3 aromatic carbocycles. The SMILES string of the molecule is O=C(O)c1ccc(C(=O)c2ccc(Oc3ccccc3)cc2)cc1. The van der Waals surface area contributed by atoms with Crippen molar-refractivity contribution in [2.45, 2.75) is 0 Å². The number of para-hydroxylation sites is 1. The molecule has 118 valence electrons. The molecule has 0 atom stereocenters. The molecule has 3 rings (SSSR count). The molecule has 0 aliphatic heterocycles. The molecule has 0 aliphatic carbocycles. The van der Waals surface area contributed by atoms with Crippen molar-refractivity contribution in [2.24, 2.45) is 0 Å². The molecule has 0 saturated carbocycles. The fraction of sp³-hybridized carbons (Fsp3) is 0. The van der Waals surface area contributed by atoms with Crippen LogP contribution < -0.4 is 4.74 Å². The van der Waals surface area contributed by atoms with Crippen LogP contribution in [0.5, 0.6) is 11.5 Å². The normalized spacial score (nSPS) is 10.2. The van der Waals surface area contributed by atoms with Crippen molar-refractivity contribution >= 4 is 11.8 Å². The van der Waals surface area contributed by atoms with Crippen LogP contribution in [0.4, 0.5) is 0 Å². The Morgan fingerprint density at radius 3 is 1.62 bits per heavy atom. The first-order chi connectivity index (χ1) is 11.6. The van der Waals surface area contributed by atoms with E-state index in [9.17, 15) is 9.59 Å². The molecule has 1 N–H and O–H groups in total. The average molecular weight is 318 g/mol. The fourth-order valence-corrected chi connectivity index (χ4v) is 2.23. The van der Waals surface area contributed by atoms with E-state index in [0.717, 1.165) is 5.75 Å². The van der Waals surface area contributed by atoms with Gasteiger partial charge >= 0.3 is 5.97 Å². The van der Waals surface area contributed by atoms with Gasteiger partial charge < -0.3 is 9.84 Å². The molecule has 0 heterocycles. The number of ether oxygens (including phenoxy) is 1. The third-order valence-corrected chi connectivity index (χ3v) is 3.49. The number of carbonyl (C=O) groups excluding carboxylic acids is 1. The van der Waals surface area contributed by atoms with E-state index in [2.05, 4.69) is 0 Å². The minimum atomic E-state index is -1.02. The second-order valence-corrected chi connectivity index (χ2v) is 5.15. The van der Waals surface area contributed by atoms with Crippen molar-refractivity contribution < 1.29 is 19.4 Å². The Morgan fingerprint density at radius 1 is 0.625 bits per heavy atom. The van der Waals surface area contributed by atoms with Gasteiger partial charge in [-0.25, -0.2) is 4.79 Å². The van der Waals surface area contributed by atoms with Crippen LogP contribution in [0, 0.1) is 0 Å². The highest BCUT2D eigenvalue weighted by Crippen LogP contribution is 2.22. The predicted molar refractivity (Wildman–Crippen MR) is 89.8 cm³/mol. The molecule has 0 bridgehead atoms. The van der Waals surface area contributed by atoms with E-state index in [1.807, 2.05) is 30.3 Å². The maximum Gasteiger partial charge on any atom is 0.335 e. The number of hydrogen-bond acceptors (Lipinski definition) is 3. The molecule has 0 aromatic heterocycles. The summed E-state index contributed by atoms with van der Waals surface area (Å²) in [4.78, 5) is 23.2. The van der Waals surface area contributed by atoms with Crippen molar-refractivity contribution in [1.82, 2.24) is 0 Å². The van der Waals surface area contributed by atoms with E-state index in [1.165, 1.54) is 24.3 Å². The van der Waals surface area contributed by atoms with Gasteiger partial charge in [-0.1, -0.05) is 30.3 Å². The first-order valence-corrected chi connectivity index (χ1v) is 7.34. The van der Waals surface area contributed by atoms with Gasteiger partial charge in [0.05, 0.1) is 5.56 Å². The molecule has 0 saturated heterocycles. The largest absolute Gasteiger partial charge is 0.478 e. The first-order valence-electron chi connectivity index (χ1n) is 7.34. The second kappa shape index (κ2) is 6.79. The molecule has 0 aliphatic rings. The number of rotatable bonds is 5. The first kappa shape index (κ1) is 15.5. The van der Waals surface area contributed by atoms with Crippen LogP contribution in [-0.2, 0) is 0 Å². The lowest BCUT2D eigenvalue weighted by Crippen LogP contribution is -2.02. The van der Waals surface area contributed by atoms with E-state index in [-0.39, 0.29) is 11.3 Å². The molecule has 24 heavy (non-hydrogen) atoms. The minimum absolute atomic E-state index is 0.151. The van der Waals surface area contributed by atoms with Crippen LogP contribution in [0.3, 0.4) is 0 Å². The van der Waals surface area contributed by atoms with Crippen LogP contribution in [0.1, 0.15) is 26.3 Å². The molecule has 0 fully saturated rings. The number of benzene rings is 3. The molecule has 4 heteroatoms. The van der Waals surface area contributed by atoms with Gasteiger partial charge in [0, 0.05) is 11.1 Å². The average Bonchev–Trinajstić information content (AvgIpc) is 2.63. The third kappa shape index (κ3) is 3.50. The lowest BCUT2D eigenvalue weighted by atomic mass is 10.0. The molecular formula is C20H14O4. The van der Waals surface area contributed by atoms with Crippen molar-refractivity contribution in [3.05, 3.63) is 95.6 Å². The van der Waals surface area contributed by atoms with E-state index < -0.39 is 5.97 Å². The van der Waals surface area contributed by atoms with Crippen molar-refractivity contribution in [3.8, 4) is 11.5 Å². The monoisotopic (exact) mass is 318 g/mol. The Kier molecular flexibility index (Phi) is 4.38. The van der Waals surface area contributed by atoms with Gasteiger partial charge in [-0.15, -0.1) is 0 Å². The van der Waals surface area contributed by atoms with Gasteiger partial charge in [0.1, 0.15) is 11.5 Å². The van der Waals surface area contributed by atoms with Gasteiger partial charge in [-0.3, -0.25) is 4.79 Å². The Hall–Kier alpha value is -3.40. The number of carboxylic acid groups (broad SMARTS) is 1. The van der Waals surface area contributed by atoms with E-state index in [1.54, 1.807) is 24.3 Å². The Labute approximate surface area is 139 Å². The summed E-state index contributed by atoms with van der Waals surface area (Å²) >= 11 is 0. The minimum Gasteiger partial charge on any atom is -0.478 e. The standard InChI is InChI=1S/C20H14O4/c21-19(14-6-8-16(9-7-14)20(22)23)15-10-12-18(13-11-15)24-17-4-2-1-3-5-17/h1-13H,(H,22,23). The summed E-state index contributed by atoms with van der Waals surface area (Å²) in [6, 6.07) is 22.1. The summed E-state index contributed by atoms with van der Waals surface area (Å²) in [5, 5.41) is 8.88. The van der Waals surface area contributed by atoms with Gasteiger partial charge in [0.25, 0.3) is 0 Å². The highest BCUT2D eigenvalue weighted by molar-refractivity contribution is 6.09. The maximum atomic E-state index is 12.4. The lowest BCUT2D eigenvalue weighted by Gasteiger charge is -2.06. The smallest absolute Gasteiger partial charge is 0.335 e. The van der Waals surface area contributed by atoms with Crippen molar-refractivity contribution in [2.75, 3.05) is 0 Å². The van der Waals surface area contributed by atoms with Gasteiger partial charge in [0.15, 0.2) is 5.78 Å². The van der Waals surface area contributed by atoms with Gasteiger partial charge in [-0.05, 0) is 48.5 Å². The summed E-state index contributed by atoms with van der Waals surface area (Å²) in [7, 11) is 0. The summed E-state index contributed by atoms with van der Waals surface area (Å²) in [6.07, 6.45) is 0. The highest BCUT2D eigenvalue weighted by Gasteiger charge is 2.10. The molecule has 0 unspecified atom stereocenters. The summed E-state index contributed by atoms with van der Waals surface area (Å²) in [6.45, 7) is 0. The summed E-state index contributed by atoms with van der Waals surface area (Å²) < 4.78 is 5.68. The number of carbonyl (C=O) groups is 2. The van der Waals surface area contributed by atoms with Crippen LogP contribution in [0.2, 0.25) is 0 Å². The number of ketones is 1. The van der Waals surface area contributed by atoms with E-state index in [4.69, 9.17) is 9.84 Å². The lowest BCUT2D eigenvalue weighted by molar-refractivity contribution is 0.0696. The number of hydrogen-bond donors (Lipinski definition) is 1. The molecule has 0 radical (unpaired) electrons. The Bertz CT molecular complexity index is 850. The maximum absolute atomic E-state index is 12.4. The third-order valence-electron chi connectivity index (χ3n) is 3.49. The topological polar surface area (TPSA) is 63.6 Å².